The van der Waals surface area contributed by atoms with Gasteiger partial charge in [-0.3, -0.25) is 4.90 Å². The molecule has 2 aliphatic rings. The van der Waals surface area contributed by atoms with E-state index in [1.807, 2.05) is 18.2 Å². The summed E-state index contributed by atoms with van der Waals surface area (Å²) >= 11 is 0. The second kappa shape index (κ2) is 10.2. The Hall–Kier alpha value is -2.16. The second-order valence-electron chi connectivity index (χ2n) is 7.92. The van der Waals surface area contributed by atoms with Crippen molar-refractivity contribution in [3.8, 4) is 11.5 Å². The van der Waals surface area contributed by atoms with Gasteiger partial charge in [0.15, 0.2) is 0 Å². The van der Waals surface area contributed by atoms with Crippen LogP contribution in [0.15, 0.2) is 48.5 Å². The summed E-state index contributed by atoms with van der Waals surface area (Å²) in [5.41, 5.74) is 12.3. The number of hydrogen-bond acceptors (Lipinski definition) is 7. The van der Waals surface area contributed by atoms with Crippen molar-refractivity contribution in [3.63, 3.8) is 0 Å². The molecule has 2 saturated heterocycles. The Kier molecular flexibility index (Phi) is 7.20. The van der Waals surface area contributed by atoms with E-state index in [2.05, 4.69) is 51.6 Å². The molecule has 0 spiro atoms. The van der Waals surface area contributed by atoms with E-state index in [0.717, 1.165) is 56.1 Å². The summed E-state index contributed by atoms with van der Waals surface area (Å²) in [6.07, 6.45) is 2.54. The maximum atomic E-state index is 5.95. The molecular formula is C23H32N4O3. The third-order valence-corrected chi connectivity index (χ3v) is 5.88. The number of nitrogens with zero attached hydrogens (tertiary/aromatic N) is 1. The fourth-order valence-electron chi connectivity index (χ4n) is 4.30. The van der Waals surface area contributed by atoms with Crippen LogP contribution in [0.2, 0.25) is 0 Å². The number of nitrogens with one attached hydrogen (secondary N) is 3. The maximum Gasteiger partial charge on any atom is 0.127 e. The lowest BCUT2D eigenvalue weighted by atomic mass is 10.00. The van der Waals surface area contributed by atoms with Crippen LogP contribution in [0.3, 0.4) is 0 Å². The minimum absolute atomic E-state index is 0.191. The summed E-state index contributed by atoms with van der Waals surface area (Å²) in [5, 5.41) is 0. The van der Waals surface area contributed by atoms with E-state index < -0.39 is 0 Å². The van der Waals surface area contributed by atoms with Crippen molar-refractivity contribution >= 4 is 0 Å². The van der Waals surface area contributed by atoms with Gasteiger partial charge in [0.05, 0.1) is 32.4 Å². The first-order valence-electron chi connectivity index (χ1n) is 10.6. The Balaban J connectivity index is 1.51. The van der Waals surface area contributed by atoms with Gasteiger partial charge in [-0.15, -0.1) is 0 Å². The van der Waals surface area contributed by atoms with Crippen molar-refractivity contribution in [2.45, 2.75) is 37.6 Å². The molecule has 3 unspecified atom stereocenters. The van der Waals surface area contributed by atoms with Gasteiger partial charge in [-0.1, -0.05) is 36.4 Å². The van der Waals surface area contributed by atoms with Gasteiger partial charge in [-0.25, -0.2) is 10.9 Å². The molecular weight excluding hydrogens is 380 g/mol. The van der Waals surface area contributed by atoms with Crippen LogP contribution >= 0.6 is 0 Å². The summed E-state index contributed by atoms with van der Waals surface area (Å²) in [5.74, 6) is 1.65. The number of hydrogen-bond donors (Lipinski definition) is 3. The van der Waals surface area contributed by atoms with Crippen LogP contribution in [0.1, 0.15) is 30.0 Å². The SMILES string of the molecule is COc1ccc(CN(CC2CCCO2)CC2NNNC2c2ccccc2)c(OC)c1. The molecule has 0 bridgehead atoms. The van der Waals surface area contributed by atoms with Crippen molar-refractivity contribution in [1.82, 2.24) is 21.3 Å². The minimum atomic E-state index is 0.191. The van der Waals surface area contributed by atoms with Gasteiger partial charge in [-0.05, 0) is 24.5 Å². The predicted octanol–water partition coefficient (Wildman–Crippen LogP) is 2.41. The monoisotopic (exact) mass is 412 g/mol. The topological polar surface area (TPSA) is 67.0 Å². The van der Waals surface area contributed by atoms with Gasteiger partial charge in [-0.2, -0.15) is 5.53 Å². The molecule has 0 aliphatic carbocycles. The zero-order chi connectivity index (χ0) is 20.8. The summed E-state index contributed by atoms with van der Waals surface area (Å²) in [7, 11) is 3.38. The van der Waals surface area contributed by atoms with Crippen molar-refractivity contribution in [1.29, 1.82) is 0 Å². The third kappa shape index (κ3) is 5.11. The standard InChI is InChI=1S/C23H32N4O3/c1-28-19-11-10-18(22(13-19)29-2)14-27(15-20-9-6-12-30-20)16-21-23(25-26-24-21)17-7-4-3-5-8-17/h3-5,7-8,10-11,13,20-21,23-26H,6,9,12,14-16H2,1-2H3. The van der Waals surface area contributed by atoms with Gasteiger partial charge < -0.3 is 14.2 Å². The Labute approximate surface area is 178 Å². The highest BCUT2D eigenvalue weighted by Gasteiger charge is 2.31. The molecule has 0 saturated carbocycles. The highest BCUT2D eigenvalue weighted by molar-refractivity contribution is 5.40. The lowest BCUT2D eigenvalue weighted by molar-refractivity contribution is 0.0664. The van der Waals surface area contributed by atoms with Gasteiger partial charge in [0.25, 0.3) is 0 Å². The Morgan fingerprint density at radius 2 is 1.90 bits per heavy atom. The average Bonchev–Trinajstić information content (AvgIpc) is 3.47. The molecule has 0 amide bonds. The molecule has 0 aromatic heterocycles. The predicted molar refractivity (Wildman–Crippen MR) is 116 cm³/mol. The molecule has 2 aromatic carbocycles. The zero-order valence-electron chi connectivity index (χ0n) is 17.8. The van der Waals surface area contributed by atoms with E-state index in [1.54, 1.807) is 14.2 Å². The molecule has 3 N–H and O–H groups in total. The van der Waals surface area contributed by atoms with E-state index in [0.29, 0.717) is 0 Å². The summed E-state index contributed by atoms with van der Waals surface area (Å²) < 4.78 is 16.9. The van der Waals surface area contributed by atoms with E-state index in [4.69, 9.17) is 14.2 Å². The number of methoxy groups -OCH3 is 2. The van der Waals surface area contributed by atoms with E-state index in [-0.39, 0.29) is 18.2 Å². The molecule has 2 aromatic rings. The quantitative estimate of drug-likeness (QED) is 0.584. The largest absolute Gasteiger partial charge is 0.497 e. The smallest absolute Gasteiger partial charge is 0.127 e. The molecule has 30 heavy (non-hydrogen) atoms. The number of hydrazine groups is 2. The van der Waals surface area contributed by atoms with Crippen LogP contribution in [-0.4, -0.2) is 51.0 Å². The summed E-state index contributed by atoms with van der Waals surface area (Å²) in [6.45, 7) is 3.41. The summed E-state index contributed by atoms with van der Waals surface area (Å²) in [4.78, 5) is 2.46. The molecule has 4 rings (SSSR count). The first-order chi connectivity index (χ1) is 14.8. The molecule has 7 heteroatoms. The first-order valence-corrected chi connectivity index (χ1v) is 10.6. The highest BCUT2D eigenvalue weighted by Crippen LogP contribution is 2.27. The minimum Gasteiger partial charge on any atom is -0.497 e. The Morgan fingerprint density at radius 3 is 2.63 bits per heavy atom. The summed E-state index contributed by atoms with van der Waals surface area (Å²) in [6, 6.07) is 17.0. The van der Waals surface area contributed by atoms with Gasteiger partial charge in [0, 0.05) is 37.9 Å². The fourth-order valence-corrected chi connectivity index (χ4v) is 4.30. The average molecular weight is 413 g/mol. The van der Waals surface area contributed by atoms with Crippen LogP contribution in [0.5, 0.6) is 11.5 Å². The van der Waals surface area contributed by atoms with Gasteiger partial charge in [0.1, 0.15) is 11.5 Å². The molecule has 3 atom stereocenters. The normalized spacial score (nSPS) is 23.8. The lowest BCUT2D eigenvalue weighted by Crippen LogP contribution is -2.44. The van der Waals surface area contributed by atoms with E-state index in [1.165, 1.54) is 5.56 Å². The number of benzene rings is 2. The zero-order valence-corrected chi connectivity index (χ0v) is 17.8. The van der Waals surface area contributed by atoms with Crippen LogP contribution in [0, 0.1) is 0 Å². The maximum absolute atomic E-state index is 5.95. The first kappa shape index (κ1) is 21.1. The van der Waals surface area contributed by atoms with Gasteiger partial charge in [0.2, 0.25) is 0 Å². The van der Waals surface area contributed by atoms with Gasteiger partial charge >= 0.3 is 0 Å². The lowest BCUT2D eigenvalue weighted by Gasteiger charge is -2.30. The van der Waals surface area contributed by atoms with E-state index >= 15 is 0 Å². The number of ether oxygens (including phenoxy) is 3. The van der Waals surface area contributed by atoms with Crippen molar-refractivity contribution < 1.29 is 14.2 Å². The highest BCUT2D eigenvalue weighted by atomic mass is 16.5. The molecule has 162 valence electrons. The van der Waals surface area contributed by atoms with Crippen molar-refractivity contribution in [3.05, 3.63) is 59.7 Å². The second-order valence-corrected chi connectivity index (χ2v) is 7.92. The number of rotatable bonds is 9. The molecule has 2 heterocycles. The molecule has 0 radical (unpaired) electrons. The molecule has 7 nitrogen and oxygen atoms in total. The van der Waals surface area contributed by atoms with Crippen LogP contribution in [0.25, 0.3) is 0 Å². The van der Waals surface area contributed by atoms with Crippen molar-refractivity contribution in [2.75, 3.05) is 33.9 Å². The Morgan fingerprint density at radius 1 is 1.03 bits per heavy atom. The van der Waals surface area contributed by atoms with Crippen LogP contribution in [-0.2, 0) is 11.3 Å². The van der Waals surface area contributed by atoms with Crippen LogP contribution < -0.4 is 25.9 Å². The fraction of sp³-hybridized carbons (Fsp3) is 0.478. The van der Waals surface area contributed by atoms with Crippen molar-refractivity contribution in [2.24, 2.45) is 0 Å². The Bertz CT molecular complexity index is 798. The van der Waals surface area contributed by atoms with E-state index in [9.17, 15) is 0 Å². The third-order valence-electron chi connectivity index (χ3n) is 5.88. The van der Waals surface area contributed by atoms with Crippen LogP contribution in [0.4, 0.5) is 0 Å². The molecule has 2 fully saturated rings. The molecule has 2 aliphatic heterocycles.